The van der Waals surface area contributed by atoms with Gasteiger partial charge in [-0.25, -0.2) is 4.79 Å². The molecule has 1 heterocycles. The number of amides is 1. The first-order valence-corrected chi connectivity index (χ1v) is 12.4. The second kappa shape index (κ2) is 8.98. The number of rotatable bonds is 5. The highest BCUT2D eigenvalue weighted by atomic mass is 16.7. The van der Waals surface area contributed by atoms with E-state index in [1.165, 1.54) is 22.3 Å². The highest BCUT2D eigenvalue weighted by molar-refractivity contribution is 6.62. The van der Waals surface area contributed by atoms with Gasteiger partial charge in [0.2, 0.25) is 0 Å². The Morgan fingerprint density at radius 3 is 2.11 bits per heavy atom. The Bertz CT molecular complexity index is 1260. The maximum atomic E-state index is 12.7. The Morgan fingerprint density at radius 1 is 0.972 bits per heavy atom. The van der Waals surface area contributed by atoms with E-state index in [4.69, 9.17) is 19.8 Å². The Labute approximate surface area is 213 Å². The molecule has 0 bridgehead atoms. The number of nitrogen functional groups attached to an aromatic ring is 1. The molecule has 6 nitrogen and oxygen atoms in total. The predicted molar refractivity (Wildman–Crippen MR) is 143 cm³/mol. The van der Waals surface area contributed by atoms with Crippen LogP contribution in [0.25, 0.3) is 11.1 Å². The molecular formula is C29H33BN2O4. The topological polar surface area (TPSA) is 82.8 Å². The molecule has 7 heteroatoms. The zero-order valence-electron chi connectivity index (χ0n) is 21.6. The summed E-state index contributed by atoms with van der Waals surface area (Å²) in [4.78, 5) is 12.7. The van der Waals surface area contributed by atoms with Gasteiger partial charge in [0.25, 0.3) is 0 Å². The van der Waals surface area contributed by atoms with Crippen LogP contribution in [0.15, 0.2) is 60.7 Å². The van der Waals surface area contributed by atoms with Gasteiger partial charge >= 0.3 is 13.2 Å². The Kier molecular flexibility index (Phi) is 6.09. The molecule has 186 valence electrons. The summed E-state index contributed by atoms with van der Waals surface area (Å²) < 4.78 is 18.1. The quantitative estimate of drug-likeness (QED) is 0.397. The average molecular weight is 484 g/mol. The fourth-order valence-corrected chi connectivity index (χ4v) is 4.94. The monoisotopic (exact) mass is 484 g/mol. The van der Waals surface area contributed by atoms with E-state index in [0.29, 0.717) is 12.2 Å². The maximum Gasteiger partial charge on any atom is 0.494 e. The third-order valence-corrected chi connectivity index (χ3v) is 7.87. The van der Waals surface area contributed by atoms with Gasteiger partial charge in [0.15, 0.2) is 0 Å². The first-order valence-electron chi connectivity index (χ1n) is 12.4. The van der Waals surface area contributed by atoms with Crippen molar-refractivity contribution in [2.75, 3.05) is 12.3 Å². The normalized spacial score (nSPS) is 17.5. The lowest BCUT2D eigenvalue weighted by Gasteiger charge is -2.32. The molecule has 3 N–H and O–H groups in total. The Morgan fingerprint density at radius 2 is 1.53 bits per heavy atom. The van der Waals surface area contributed by atoms with Crippen molar-refractivity contribution >= 4 is 24.4 Å². The molecule has 1 fully saturated rings. The van der Waals surface area contributed by atoms with Crippen LogP contribution in [0.4, 0.5) is 10.5 Å². The van der Waals surface area contributed by atoms with E-state index >= 15 is 0 Å². The first-order chi connectivity index (χ1) is 17.1. The van der Waals surface area contributed by atoms with Crippen molar-refractivity contribution in [1.82, 2.24) is 5.32 Å². The number of hydrogen-bond acceptors (Lipinski definition) is 5. The second-order valence-electron chi connectivity index (χ2n) is 10.7. The summed E-state index contributed by atoms with van der Waals surface area (Å²) in [5, 5.41) is 2.89. The van der Waals surface area contributed by atoms with E-state index < -0.39 is 24.4 Å². The van der Waals surface area contributed by atoms with E-state index in [9.17, 15) is 4.79 Å². The molecule has 5 rings (SSSR count). The van der Waals surface area contributed by atoms with E-state index in [0.717, 1.165) is 16.6 Å². The van der Waals surface area contributed by atoms with Crippen molar-refractivity contribution in [3.05, 3.63) is 82.9 Å². The molecule has 0 spiro atoms. The number of fused-ring (bicyclic) bond motifs is 3. The molecule has 3 aromatic rings. The van der Waals surface area contributed by atoms with Gasteiger partial charge in [-0.1, -0.05) is 54.6 Å². The number of benzene rings is 3. The zero-order chi connectivity index (χ0) is 25.7. The van der Waals surface area contributed by atoms with Crippen LogP contribution in [0, 0.1) is 6.92 Å². The lowest BCUT2D eigenvalue weighted by molar-refractivity contribution is 0.00578. The summed E-state index contributed by atoms with van der Waals surface area (Å²) in [5.41, 5.74) is 13.5. The summed E-state index contributed by atoms with van der Waals surface area (Å²) in [6, 6.07) is 20.4. The van der Waals surface area contributed by atoms with Crippen LogP contribution in [0.1, 0.15) is 55.9 Å². The molecule has 0 aromatic heterocycles. The van der Waals surface area contributed by atoms with Gasteiger partial charge in [0.05, 0.1) is 11.2 Å². The fraction of sp³-hybridized carbons (Fsp3) is 0.345. The summed E-state index contributed by atoms with van der Waals surface area (Å²) in [7, 11) is -0.522. The van der Waals surface area contributed by atoms with Crippen molar-refractivity contribution in [1.29, 1.82) is 0 Å². The molecule has 1 amide bonds. The largest absolute Gasteiger partial charge is 0.494 e. The molecular weight excluding hydrogens is 451 g/mol. The molecule has 0 saturated carbocycles. The Balaban J connectivity index is 1.26. The van der Waals surface area contributed by atoms with Gasteiger partial charge < -0.3 is 25.1 Å². The van der Waals surface area contributed by atoms with Crippen LogP contribution in [0.2, 0.25) is 0 Å². The number of hydrogen-bond donors (Lipinski definition) is 2. The van der Waals surface area contributed by atoms with Gasteiger partial charge in [0, 0.05) is 18.2 Å². The van der Waals surface area contributed by atoms with Crippen molar-refractivity contribution in [2.45, 2.75) is 58.3 Å². The minimum absolute atomic E-state index is 0.0206. The van der Waals surface area contributed by atoms with Gasteiger partial charge in [-0.05, 0) is 79.5 Å². The summed E-state index contributed by atoms with van der Waals surface area (Å²) >= 11 is 0. The summed E-state index contributed by atoms with van der Waals surface area (Å²) in [6.07, 6.45) is -0.462. The van der Waals surface area contributed by atoms with Crippen LogP contribution < -0.4 is 16.5 Å². The number of anilines is 1. The third-order valence-electron chi connectivity index (χ3n) is 7.87. The van der Waals surface area contributed by atoms with Gasteiger partial charge in [-0.2, -0.15) is 0 Å². The van der Waals surface area contributed by atoms with Gasteiger partial charge in [0.1, 0.15) is 6.61 Å². The number of ether oxygens (including phenoxy) is 1. The number of nitrogens with one attached hydrogen (secondary N) is 1. The van der Waals surface area contributed by atoms with Crippen molar-refractivity contribution < 1.29 is 18.8 Å². The smallest absolute Gasteiger partial charge is 0.449 e. The molecule has 0 atom stereocenters. The Hall–Kier alpha value is -3.29. The summed E-state index contributed by atoms with van der Waals surface area (Å²) in [5.74, 6) is 0.0206. The molecule has 1 saturated heterocycles. The summed E-state index contributed by atoms with van der Waals surface area (Å²) in [6.45, 7) is 10.6. The second-order valence-corrected chi connectivity index (χ2v) is 10.7. The first kappa shape index (κ1) is 24.4. The standard InChI is InChI=1S/C29H33BN2O4/c1-18-19(14-20(15-26(18)31)30-35-28(2,3)29(4,5)36-30)16-32-27(33)34-17-25-23-12-8-6-10-21(23)22-11-7-9-13-24(22)25/h6-15,25H,16-17,31H2,1-5H3,(H,32,33). The van der Waals surface area contributed by atoms with E-state index in [2.05, 4.69) is 29.6 Å². The van der Waals surface area contributed by atoms with E-state index in [1.807, 2.05) is 71.0 Å². The number of alkyl carbamates (subject to hydrolysis) is 1. The molecule has 0 unspecified atom stereocenters. The predicted octanol–water partition coefficient (Wildman–Crippen LogP) is 4.92. The number of nitrogens with two attached hydrogens (primary N) is 1. The SMILES string of the molecule is Cc1c(N)cc(B2OC(C)(C)C(C)(C)O2)cc1CNC(=O)OCC1c2ccccc2-c2ccccc21. The van der Waals surface area contributed by atoms with Crippen LogP contribution in [0.5, 0.6) is 0 Å². The van der Waals surface area contributed by atoms with Crippen molar-refractivity contribution in [3.8, 4) is 11.1 Å². The minimum Gasteiger partial charge on any atom is -0.449 e. The van der Waals surface area contributed by atoms with Crippen LogP contribution in [-0.4, -0.2) is 31.0 Å². The van der Waals surface area contributed by atoms with Crippen molar-refractivity contribution in [2.24, 2.45) is 0 Å². The molecule has 3 aromatic carbocycles. The van der Waals surface area contributed by atoms with Crippen LogP contribution >= 0.6 is 0 Å². The average Bonchev–Trinajstić information content (AvgIpc) is 3.28. The van der Waals surface area contributed by atoms with Gasteiger partial charge in [-0.3, -0.25) is 0 Å². The zero-order valence-corrected chi connectivity index (χ0v) is 21.6. The fourth-order valence-electron chi connectivity index (χ4n) is 4.94. The van der Waals surface area contributed by atoms with E-state index in [1.54, 1.807) is 0 Å². The highest BCUT2D eigenvalue weighted by Gasteiger charge is 2.51. The van der Waals surface area contributed by atoms with Crippen LogP contribution in [0.3, 0.4) is 0 Å². The third kappa shape index (κ3) is 4.27. The number of carbonyl (C=O) groups is 1. The molecule has 0 radical (unpaired) electrons. The minimum atomic E-state index is -0.522. The molecule has 36 heavy (non-hydrogen) atoms. The van der Waals surface area contributed by atoms with Crippen molar-refractivity contribution in [3.63, 3.8) is 0 Å². The van der Waals surface area contributed by atoms with E-state index in [-0.39, 0.29) is 12.5 Å². The number of carbonyl (C=O) groups excluding carboxylic acids is 1. The highest BCUT2D eigenvalue weighted by Crippen LogP contribution is 2.44. The van der Waals surface area contributed by atoms with Crippen LogP contribution in [-0.2, 0) is 20.6 Å². The molecule has 1 aliphatic heterocycles. The lowest BCUT2D eigenvalue weighted by Crippen LogP contribution is -2.41. The molecule has 1 aliphatic carbocycles. The molecule has 2 aliphatic rings. The lowest BCUT2D eigenvalue weighted by atomic mass is 9.77. The maximum absolute atomic E-state index is 12.7. The van der Waals surface area contributed by atoms with Gasteiger partial charge in [-0.15, -0.1) is 0 Å².